The topological polar surface area (TPSA) is 75.3 Å². The van der Waals surface area contributed by atoms with Gasteiger partial charge in [0.2, 0.25) is 0 Å². The summed E-state index contributed by atoms with van der Waals surface area (Å²) in [6.45, 7) is 0.588. The molecule has 2 atom stereocenters. The van der Waals surface area contributed by atoms with Crippen molar-refractivity contribution in [1.82, 2.24) is 9.55 Å². The summed E-state index contributed by atoms with van der Waals surface area (Å²) in [6.07, 6.45) is 0.466. The first kappa shape index (κ1) is 16.6. The zero-order valence-corrected chi connectivity index (χ0v) is 15.7. The van der Waals surface area contributed by atoms with Crippen LogP contribution in [0.5, 0.6) is 0 Å². The smallest absolute Gasteiger partial charge is 0.303 e. The van der Waals surface area contributed by atoms with E-state index in [-0.39, 0.29) is 11.7 Å². The first-order valence-corrected chi connectivity index (χ1v) is 10.4. The molecule has 25 heavy (non-hydrogen) atoms. The molecule has 0 fully saturated rings. The van der Waals surface area contributed by atoms with Gasteiger partial charge in [0.1, 0.15) is 0 Å². The Morgan fingerprint density at radius 2 is 1.96 bits per heavy atom. The number of carboxylic acid groups (broad SMARTS) is 1. The maximum Gasteiger partial charge on any atom is 0.303 e. The number of para-hydroxylation sites is 2. The molecule has 3 aromatic rings. The monoisotopic (exact) mass is 420 g/mol. The van der Waals surface area contributed by atoms with Gasteiger partial charge in [-0.25, -0.2) is 4.98 Å². The second-order valence-corrected chi connectivity index (χ2v) is 9.80. The van der Waals surface area contributed by atoms with E-state index in [0.29, 0.717) is 18.1 Å². The molecule has 1 aliphatic heterocycles. The number of imidazole rings is 1. The number of halogens is 1. The number of nitrogens with zero attached hydrogens (tertiary/aromatic N) is 2. The Kier molecular flexibility index (Phi) is 4.10. The molecule has 0 aliphatic carbocycles. The third-order valence-corrected chi connectivity index (χ3v) is 8.36. The number of hydrogen-bond acceptors (Lipinski definition) is 3. The van der Waals surface area contributed by atoms with E-state index in [1.54, 1.807) is 0 Å². The maximum absolute atomic E-state index is 11.8. The third kappa shape index (κ3) is 2.67. The SMILES string of the molecule is O=C(O)CCC1Cn2c(nc3ccccc32)S1(O)c1ccc(Br)cc1. The summed E-state index contributed by atoms with van der Waals surface area (Å²) >= 11 is 3.43. The molecule has 5 nitrogen and oxygen atoms in total. The third-order valence-electron chi connectivity index (χ3n) is 4.62. The van der Waals surface area contributed by atoms with Crippen molar-refractivity contribution < 1.29 is 14.5 Å². The highest BCUT2D eigenvalue weighted by atomic mass is 79.9. The van der Waals surface area contributed by atoms with E-state index in [0.717, 1.165) is 20.4 Å². The van der Waals surface area contributed by atoms with Gasteiger partial charge in [0.15, 0.2) is 5.16 Å². The van der Waals surface area contributed by atoms with E-state index in [2.05, 4.69) is 20.5 Å². The molecule has 0 saturated heterocycles. The van der Waals surface area contributed by atoms with Crippen LogP contribution in [-0.4, -0.2) is 30.4 Å². The molecule has 4 rings (SSSR count). The van der Waals surface area contributed by atoms with Crippen LogP contribution in [0.25, 0.3) is 11.0 Å². The number of aliphatic carboxylic acids is 1. The lowest BCUT2D eigenvalue weighted by Crippen LogP contribution is -2.18. The van der Waals surface area contributed by atoms with Crippen molar-refractivity contribution in [3.05, 3.63) is 53.0 Å². The molecule has 2 aromatic carbocycles. The molecule has 0 spiro atoms. The van der Waals surface area contributed by atoms with Crippen molar-refractivity contribution in [1.29, 1.82) is 0 Å². The number of aromatic nitrogens is 2. The lowest BCUT2D eigenvalue weighted by atomic mass is 10.2. The standard InChI is InChI=1S/C18H17BrN2O3S/c19-12-5-7-13(8-6-12)25(24)14(9-10-17(22)23)11-21-16-4-2-1-3-15(16)20-18(21)25/h1-8,14,24H,9-11H2,(H,22,23). The quantitative estimate of drug-likeness (QED) is 0.638. The highest BCUT2D eigenvalue weighted by Gasteiger charge is 2.45. The first-order valence-electron chi connectivity index (χ1n) is 7.97. The number of benzene rings is 2. The molecule has 1 aromatic heterocycles. The summed E-state index contributed by atoms with van der Waals surface area (Å²) in [4.78, 5) is 16.6. The highest BCUT2D eigenvalue weighted by molar-refractivity contribution is 9.10. The van der Waals surface area contributed by atoms with Crippen LogP contribution in [0.2, 0.25) is 0 Å². The van der Waals surface area contributed by atoms with Crippen LogP contribution in [0, 0.1) is 0 Å². The number of carbonyl (C=O) groups is 1. The fraction of sp³-hybridized carbons (Fsp3) is 0.222. The van der Waals surface area contributed by atoms with Crippen molar-refractivity contribution in [2.75, 3.05) is 0 Å². The molecule has 0 radical (unpaired) electrons. The Bertz CT molecular complexity index is 957. The average Bonchev–Trinajstić information content (AvgIpc) is 3.09. The predicted octanol–water partition coefficient (Wildman–Crippen LogP) is 4.74. The minimum atomic E-state index is -2.39. The van der Waals surface area contributed by atoms with Crippen molar-refractivity contribution >= 4 is 43.2 Å². The molecule has 1 aliphatic rings. The number of carboxylic acids is 1. The summed E-state index contributed by atoms with van der Waals surface area (Å²) in [5, 5.41) is 9.61. The second-order valence-electron chi connectivity index (χ2n) is 6.13. The number of fused-ring (bicyclic) bond motifs is 3. The largest absolute Gasteiger partial charge is 0.481 e. The van der Waals surface area contributed by atoms with E-state index in [1.165, 1.54) is 0 Å². The Balaban J connectivity index is 1.86. The average molecular weight is 421 g/mol. The maximum atomic E-state index is 11.8. The fourth-order valence-corrected chi connectivity index (χ4v) is 6.69. The first-order chi connectivity index (χ1) is 12.0. The molecular weight excluding hydrogens is 404 g/mol. The van der Waals surface area contributed by atoms with Crippen molar-refractivity contribution in [3.63, 3.8) is 0 Å². The minimum absolute atomic E-state index is 0.0409. The molecular formula is C18H17BrN2O3S. The molecule has 0 bridgehead atoms. The van der Waals surface area contributed by atoms with Gasteiger partial charge in [0.25, 0.3) is 0 Å². The van der Waals surface area contributed by atoms with E-state index in [4.69, 9.17) is 10.1 Å². The van der Waals surface area contributed by atoms with Crippen LogP contribution in [0.3, 0.4) is 0 Å². The van der Waals surface area contributed by atoms with E-state index < -0.39 is 16.3 Å². The lowest BCUT2D eigenvalue weighted by molar-refractivity contribution is -0.137. The minimum Gasteiger partial charge on any atom is -0.481 e. The highest BCUT2D eigenvalue weighted by Crippen LogP contribution is 2.67. The van der Waals surface area contributed by atoms with Gasteiger partial charge in [-0.3, -0.25) is 4.79 Å². The fourth-order valence-electron chi connectivity index (χ4n) is 3.41. The van der Waals surface area contributed by atoms with Gasteiger partial charge in [-0.15, -0.1) is 0 Å². The number of rotatable bonds is 4. The summed E-state index contributed by atoms with van der Waals surface area (Å²) < 4.78 is 14.8. The van der Waals surface area contributed by atoms with Crippen LogP contribution in [0.1, 0.15) is 12.8 Å². The normalized spacial score (nSPS) is 24.8. The molecule has 2 unspecified atom stereocenters. The summed E-state index contributed by atoms with van der Waals surface area (Å²) in [5.41, 5.74) is 1.84. The summed E-state index contributed by atoms with van der Waals surface area (Å²) in [5.74, 6) is -0.841. The van der Waals surface area contributed by atoms with Crippen LogP contribution < -0.4 is 0 Å². The van der Waals surface area contributed by atoms with Crippen LogP contribution in [0.15, 0.2) is 63.1 Å². The van der Waals surface area contributed by atoms with Gasteiger partial charge in [0.05, 0.1) is 11.0 Å². The Morgan fingerprint density at radius 3 is 2.68 bits per heavy atom. The zero-order valence-electron chi connectivity index (χ0n) is 13.3. The van der Waals surface area contributed by atoms with Gasteiger partial charge >= 0.3 is 5.97 Å². The zero-order chi connectivity index (χ0) is 17.6. The van der Waals surface area contributed by atoms with Crippen molar-refractivity contribution in [2.24, 2.45) is 0 Å². The van der Waals surface area contributed by atoms with Crippen molar-refractivity contribution in [3.8, 4) is 0 Å². The van der Waals surface area contributed by atoms with E-state index >= 15 is 0 Å². The van der Waals surface area contributed by atoms with E-state index in [1.807, 2.05) is 48.5 Å². The van der Waals surface area contributed by atoms with E-state index in [9.17, 15) is 9.35 Å². The molecule has 0 saturated carbocycles. The van der Waals surface area contributed by atoms with Gasteiger partial charge < -0.3 is 14.2 Å². The number of hydrogen-bond donors (Lipinski definition) is 2. The molecule has 2 heterocycles. The molecule has 130 valence electrons. The van der Waals surface area contributed by atoms with Crippen LogP contribution in [-0.2, 0) is 11.3 Å². The Morgan fingerprint density at radius 1 is 1.24 bits per heavy atom. The molecule has 7 heteroatoms. The van der Waals surface area contributed by atoms with Gasteiger partial charge in [0, 0.05) is 27.6 Å². The van der Waals surface area contributed by atoms with Crippen LogP contribution >= 0.6 is 26.2 Å². The lowest BCUT2D eigenvalue weighted by Gasteiger charge is -2.34. The van der Waals surface area contributed by atoms with Crippen molar-refractivity contribution in [2.45, 2.75) is 34.7 Å². The predicted molar refractivity (Wildman–Crippen MR) is 101 cm³/mol. The van der Waals surface area contributed by atoms with Gasteiger partial charge in [-0.2, -0.15) is 0 Å². The van der Waals surface area contributed by atoms with Crippen LogP contribution in [0.4, 0.5) is 0 Å². The van der Waals surface area contributed by atoms with Gasteiger partial charge in [-0.1, -0.05) is 28.1 Å². The summed E-state index contributed by atoms with van der Waals surface area (Å²) in [7, 11) is -2.39. The molecule has 0 amide bonds. The molecule has 2 N–H and O–H groups in total. The Hall–Kier alpha value is -1.83. The Labute approximate surface area is 155 Å². The van der Waals surface area contributed by atoms with Gasteiger partial charge in [-0.05, 0) is 53.1 Å². The second kappa shape index (κ2) is 6.16. The summed E-state index contributed by atoms with van der Waals surface area (Å²) in [6, 6.07) is 15.4.